The Balaban J connectivity index is 2.32. The Morgan fingerprint density at radius 2 is 1.60 bits per heavy atom. The lowest BCUT2D eigenvalue weighted by atomic mass is 10.1. The van der Waals surface area contributed by atoms with E-state index in [9.17, 15) is 14.4 Å². The van der Waals surface area contributed by atoms with Gasteiger partial charge in [-0.15, -0.1) is 0 Å². The van der Waals surface area contributed by atoms with Crippen LogP contribution in [0.3, 0.4) is 0 Å². The van der Waals surface area contributed by atoms with Gasteiger partial charge in [0.2, 0.25) is 5.91 Å². The van der Waals surface area contributed by atoms with Crippen LogP contribution in [0, 0.1) is 5.82 Å². The fraction of sp³-hybridized carbons (Fsp3) is 0.571. The van der Waals surface area contributed by atoms with Crippen molar-refractivity contribution in [2.24, 2.45) is 0 Å². The van der Waals surface area contributed by atoms with Crippen LogP contribution >= 0.6 is 0 Å². The molecule has 1 heterocycles. The van der Waals surface area contributed by atoms with E-state index in [-0.39, 0.29) is 29.4 Å². The number of hydrogen-bond donors (Lipinski definition) is 2. The Morgan fingerprint density at radius 3 is 2.10 bits per heavy atom. The first-order valence-corrected chi connectivity index (χ1v) is 9.84. The number of anilines is 2. The van der Waals surface area contributed by atoms with E-state index < -0.39 is 29.2 Å². The van der Waals surface area contributed by atoms with E-state index in [1.807, 2.05) is 0 Å². The number of nitrogens with zero attached hydrogens (tertiary/aromatic N) is 1. The smallest absolute Gasteiger partial charge is 0.412 e. The van der Waals surface area contributed by atoms with E-state index in [0.717, 1.165) is 6.42 Å². The van der Waals surface area contributed by atoms with E-state index in [0.29, 0.717) is 13.0 Å². The molecule has 0 aromatic heterocycles. The molecule has 9 heteroatoms. The molecule has 1 fully saturated rings. The Bertz CT molecular complexity index is 827. The summed E-state index contributed by atoms with van der Waals surface area (Å²) >= 11 is 0. The molecule has 8 nitrogen and oxygen atoms in total. The number of likely N-dealkylation sites (tertiary alicyclic amines) is 1. The second kappa shape index (κ2) is 8.89. The second-order valence-corrected chi connectivity index (χ2v) is 9.13. The molecule has 0 saturated carbocycles. The molecule has 1 aromatic carbocycles. The maximum atomic E-state index is 15.3. The molecule has 1 aliphatic heterocycles. The Kier molecular flexibility index (Phi) is 6.95. The van der Waals surface area contributed by atoms with E-state index in [2.05, 4.69) is 10.6 Å². The molecule has 2 N–H and O–H groups in total. The summed E-state index contributed by atoms with van der Waals surface area (Å²) in [5.74, 6) is -0.805. The van der Waals surface area contributed by atoms with Gasteiger partial charge in [-0.25, -0.2) is 14.0 Å². The minimum Gasteiger partial charge on any atom is -0.444 e. The summed E-state index contributed by atoms with van der Waals surface area (Å²) in [5, 5.41) is 4.82. The van der Waals surface area contributed by atoms with Gasteiger partial charge in [0.25, 0.3) is 0 Å². The van der Waals surface area contributed by atoms with Gasteiger partial charge in [0.05, 0.1) is 5.69 Å². The number of carbonyl (C=O) groups excluding carboxylic acids is 3. The predicted octanol–water partition coefficient (Wildman–Crippen LogP) is 4.64. The summed E-state index contributed by atoms with van der Waals surface area (Å²) in [7, 11) is 0. The zero-order valence-corrected chi connectivity index (χ0v) is 18.3. The molecule has 2 rings (SSSR count). The highest BCUT2D eigenvalue weighted by Crippen LogP contribution is 2.30. The van der Waals surface area contributed by atoms with Crippen molar-refractivity contribution in [1.29, 1.82) is 0 Å². The molecule has 0 atom stereocenters. The number of rotatable bonds is 4. The number of nitrogens with one attached hydrogen (secondary N) is 2. The first kappa shape index (κ1) is 23.4. The lowest BCUT2D eigenvalue weighted by Crippen LogP contribution is -2.30. The van der Waals surface area contributed by atoms with Crippen LogP contribution in [0.2, 0.25) is 0 Å². The van der Waals surface area contributed by atoms with Crippen LogP contribution in [0.25, 0.3) is 0 Å². The van der Waals surface area contributed by atoms with Crippen molar-refractivity contribution in [2.45, 2.75) is 72.1 Å². The summed E-state index contributed by atoms with van der Waals surface area (Å²) in [6.45, 7) is 10.7. The van der Waals surface area contributed by atoms with Gasteiger partial charge in [-0.1, -0.05) is 6.07 Å². The first-order chi connectivity index (χ1) is 13.7. The van der Waals surface area contributed by atoms with Crippen molar-refractivity contribution >= 4 is 29.5 Å². The van der Waals surface area contributed by atoms with E-state index >= 15 is 4.39 Å². The summed E-state index contributed by atoms with van der Waals surface area (Å²) in [5.41, 5.74) is -1.56. The highest BCUT2D eigenvalue weighted by molar-refractivity contribution is 5.96. The molecule has 30 heavy (non-hydrogen) atoms. The molecule has 0 unspecified atom stereocenters. The molecule has 0 spiro atoms. The normalized spacial score (nSPS) is 14.5. The molecular formula is C21H30FN3O5. The maximum Gasteiger partial charge on any atom is 0.412 e. The number of amides is 3. The summed E-state index contributed by atoms with van der Waals surface area (Å²) < 4.78 is 25.7. The number of benzene rings is 1. The first-order valence-electron chi connectivity index (χ1n) is 9.84. The number of carbonyl (C=O) groups is 3. The van der Waals surface area contributed by atoms with Crippen molar-refractivity contribution in [2.75, 3.05) is 17.2 Å². The van der Waals surface area contributed by atoms with Crippen LogP contribution in [0.4, 0.5) is 25.4 Å². The van der Waals surface area contributed by atoms with Gasteiger partial charge in [-0.2, -0.15) is 0 Å². The quantitative estimate of drug-likeness (QED) is 0.735. The van der Waals surface area contributed by atoms with Gasteiger partial charge in [0.1, 0.15) is 16.9 Å². The third-order valence-electron chi connectivity index (χ3n) is 4.02. The third-order valence-corrected chi connectivity index (χ3v) is 4.02. The van der Waals surface area contributed by atoms with Crippen molar-refractivity contribution in [1.82, 2.24) is 4.90 Å². The Hall–Kier alpha value is -2.84. The lowest BCUT2D eigenvalue weighted by molar-refractivity contribution is -0.128. The molecule has 0 aliphatic carbocycles. The molecule has 1 saturated heterocycles. The fourth-order valence-corrected chi connectivity index (χ4v) is 2.86. The minimum atomic E-state index is -0.872. The van der Waals surface area contributed by atoms with Gasteiger partial charge < -0.3 is 14.4 Å². The van der Waals surface area contributed by atoms with Crippen molar-refractivity contribution < 1.29 is 28.2 Å². The molecule has 0 bridgehead atoms. The van der Waals surface area contributed by atoms with E-state index in [4.69, 9.17) is 9.47 Å². The average molecular weight is 423 g/mol. The number of ether oxygens (including phenoxy) is 2. The predicted molar refractivity (Wildman–Crippen MR) is 111 cm³/mol. The van der Waals surface area contributed by atoms with Crippen molar-refractivity contribution in [3.8, 4) is 0 Å². The van der Waals surface area contributed by atoms with Gasteiger partial charge in [-0.3, -0.25) is 15.4 Å². The molecular weight excluding hydrogens is 393 g/mol. The van der Waals surface area contributed by atoms with Gasteiger partial charge in [-0.05, 0) is 54.0 Å². The zero-order valence-electron chi connectivity index (χ0n) is 18.3. The van der Waals surface area contributed by atoms with Gasteiger partial charge >= 0.3 is 12.2 Å². The van der Waals surface area contributed by atoms with Crippen LogP contribution in [0.1, 0.15) is 59.9 Å². The lowest BCUT2D eigenvalue weighted by Gasteiger charge is -2.23. The minimum absolute atomic E-state index is 0.0177. The summed E-state index contributed by atoms with van der Waals surface area (Å²) in [6, 6.07) is 2.92. The average Bonchev–Trinajstić information content (AvgIpc) is 2.95. The van der Waals surface area contributed by atoms with Crippen molar-refractivity contribution in [3.05, 3.63) is 23.5 Å². The van der Waals surface area contributed by atoms with Gasteiger partial charge in [0.15, 0.2) is 5.82 Å². The Labute approximate surface area is 176 Å². The standard InChI is InChI=1S/C21H30FN3O5/c1-20(2,3)29-18(27)23-14-10-9-13(12-25-11-7-8-15(25)26)16(22)17(14)24-19(28)30-21(4,5)6/h9-10H,7-8,11-12H2,1-6H3,(H,23,27)(H,24,28). The van der Waals surface area contributed by atoms with Crippen LogP contribution in [0.15, 0.2) is 12.1 Å². The molecule has 0 radical (unpaired) electrons. The second-order valence-electron chi connectivity index (χ2n) is 9.13. The molecule has 1 aliphatic rings. The number of halogens is 1. The molecule has 166 valence electrons. The largest absolute Gasteiger partial charge is 0.444 e. The van der Waals surface area contributed by atoms with Gasteiger partial charge in [0, 0.05) is 25.1 Å². The van der Waals surface area contributed by atoms with E-state index in [1.54, 1.807) is 46.4 Å². The molecule has 3 amide bonds. The summed E-state index contributed by atoms with van der Waals surface area (Å²) in [4.78, 5) is 37.9. The Morgan fingerprint density at radius 1 is 1.03 bits per heavy atom. The third kappa shape index (κ3) is 6.89. The van der Waals surface area contributed by atoms with Crippen LogP contribution in [0.5, 0.6) is 0 Å². The highest BCUT2D eigenvalue weighted by atomic mass is 19.1. The van der Waals surface area contributed by atoms with E-state index in [1.165, 1.54) is 12.1 Å². The monoisotopic (exact) mass is 423 g/mol. The fourth-order valence-electron chi connectivity index (χ4n) is 2.86. The van der Waals surface area contributed by atoms with Crippen LogP contribution in [-0.2, 0) is 20.8 Å². The van der Waals surface area contributed by atoms with Crippen LogP contribution in [-0.4, -0.2) is 40.7 Å². The highest BCUT2D eigenvalue weighted by Gasteiger charge is 2.26. The zero-order chi connectivity index (χ0) is 22.7. The van der Waals surface area contributed by atoms with Crippen LogP contribution < -0.4 is 10.6 Å². The SMILES string of the molecule is CC(C)(C)OC(=O)Nc1ccc(CN2CCCC2=O)c(F)c1NC(=O)OC(C)(C)C. The maximum absolute atomic E-state index is 15.3. The summed E-state index contributed by atoms with van der Waals surface area (Å²) in [6.07, 6.45) is -0.510. The molecule has 1 aromatic rings. The van der Waals surface area contributed by atoms with Crippen molar-refractivity contribution in [3.63, 3.8) is 0 Å². The number of hydrogen-bond acceptors (Lipinski definition) is 5. The topological polar surface area (TPSA) is 97.0 Å².